The van der Waals surface area contributed by atoms with Crippen LogP contribution in [0.15, 0.2) is 22.9 Å². The van der Waals surface area contributed by atoms with Gasteiger partial charge >= 0.3 is 11.7 Å². The van der Waals surface area contributed by atoms with Gasteiger partial charge in [0.15, 0.2) is 0 Å². The molecule has 2 aromatic heterocycles. The second-order valence-corrected chi connectivity index (χ2v) is 6.01. The SMILES string of the molecule is COC(=O)c1cnc(N2CCN(Cc3cc(C)on3)CC2)c([N+](=O)[O-])c1. The highest BCUT2D eigenvalue weighted by molar-refractivity contribution is 5.90. The quantitative estimate of drug-likeness (QED) is 0.442. The largest absolute Gasteiger partial charge is 0.465 e. The van der Waals surface area contributed by atoms with E-state index in [-0.39, 0.29) is 17.1 Å². The minimum Gasteiger partial charge on any atom is -0.465 e. The molecule has 1 aliphatic heterocycles. The van der Waals surface area contributed by atoms with E-state index in [0.717, 1.165) is 11.5 Å². The molecule has 0 atom stereocenters. The van der Waals surface area contributed by atoms with Crippen LogP contribution < -0.4 is 4.90 Å². The Morgan fingerprint density at radius 2 is 2.08 bits per heavy atom. The molecule has 1 fully saturated rings. The molecule has 0 aliphatic carbocycles. The number of hydrogen-bond acceptors (Lipinski definition) is 9. The number of aryl methyl sites for hydroxylation is 1. The van der Waals surface area contributed by atoms with Crippen LogP contribution in [-0.4, -0.2) is 59.2 Å². The number of nitrogens with zero attached hydrogens (tertiary/aromatic N) is 5. The van der Waals surface area contributed by atoms with Crippen LogP contribution in [0.1, 0.15) is 21.8 Å². The van der Waals surface area contributed by atoms with E-state index >= 15 is 0 Å². The van der Waals surface area contributed by atoms with Crippen molar-refractivity contribution in [2.75, 3.05) is 38.2 Å². The molecule has 0 N–H and O–H groups in total. The van der Waals surface area contributed by atoms with Crippen LogP contribution in [-0.2, 0) is 11.3 Å². The molecule has 0 unspecified atom stereocenters. The number of methoxy groups -OCH3 is 1. The minimum absolute atomic E-state index is 0.0583. The van der Waals surface area contributed by atoms with E-state index < -0.39 is 10.9 Å². The molecule has 0 saturated carbocycles. The lowest BCUT2D eigenvalue weighted by Crippen LogP contribution is -2.46. The average Bonchev–Trinajstić information content (AvgIpc) is 3.06. The first-order chi connectivity index (χ1) is 12.5. The standard InChI is InChI=1S/C16H19N5O5/c1-11-7-13(18-26-11)10-19-3-5-20(6-4-19)15-14(21(23)24)8-12(9-17-15)16(22)25-2/h7-9H,3-6,10H2,1-2H3. The Morgan fingerprint density at radius 3 is 2.65 bits per heavy atom. The van der Waals surface area contributed by atoms with Gasteiger partial charge in [0.1, 0.15) is 5.76 Å². The zero-order valence-corrected chi connectivity index (χ0v) is 14.5. The number of ether oxygens (including phenoxy) is 1. The molecule has 0 bridgehead atoms. The van der Waals surface area contributed by atoms with Gasteiger partial charge in [0, 0.05) is 51.1 Å². The summed E-state index contributed by atoms with van der Waals surface area (Å²) in [5.74, 6) is 0.378. The van der Waals surface area contributed by atoms with Crippen LogP contribution in [0.25, 0.3) is 0 Å². The van der Waals surface area contributed by atoms with Gasteiger partial charge < -0.3 is 14.2 Å². The summed E-state index contributed by atoms with van der Waals surface area (Å²) in [4.78, 5) is 30.6. The number of carbonyl (C=O) groups excluding carboxylic acids is 1. The van der Waals surface area contributed by atoms with Crippen LogP contribution >= 0.6 is 0 Å². The number of anilines is 1. The Morgan fingerprint density at radius 1 is 1.35 bits per heavy atom. The number of piperazine rings is 1. The third-order valence-electron chi connectivity index (χ3n) is 4.20. The molecule has 10 nitrogen and oxygen atoms in total. The molecule has 10 heteroatoms. The van der Waals surface area contributed by atoms with Gasteiger partial charge in [0.2, 0.25) is 5.82 Å². The maximum absolute atomic E-state index is 11.6. The van der Waals surface area contributed by atoms with Crippen molar-refractivity contribution in [2.24, 2.45) is 0 Å². The van der Waals surface area contributed by atoms with Gasteiger partial charge in [-0.15, -0.1) is 0 Å². The van der Waals surface area contributed by atoms with Crippen molar-refractivity contribution in [3.05, 3.63) is 45.5 Å². The van der Waals surface area contributed by atoms with Gasteiger partial charge in [-0.05, 0) is 6.92 Å². The van der Waals surface area contributed by atoms with E-state index in [4.69, 9.17) is 4.52 Å². The summed E-state index contributed by atoms with van der Waals surface area (Å²) in [6.45, 7) is 5.11. The predicted molar refractivity (Wildman–Crippen MR) is 91.0 cm³/mol. The van der Waals surface area contributed by atoms with Gasteiger partial charge in [-0.1, -0.05) is 5.16 Å². The van der Waals surface area contributed by atoms with Crippen molar-refractivity contribution < 1.29 is 19.0 Å². The van der Waals surface area contributed by atoms with Crippen molar-refractivity contribution in [3.8, 4) is 0 Å². The lowest BCUT2D eigenvalue weighted by Gasteiger charge is -2.34. The second kappa shape index (κ2) is 7.48. The zero-order chi connectivity index (χ0) is 18.7. The molecule has 1 saturated heterocycles. The summed E-state index contributed by atoms with van der Waals surface area (Å²) < 4.78 is 9.66. The first-order valence-electron chi connectivity index (χ1n) is 8.10. The Balaban J connectivity index is 1.70. The summed E-state index contributed by atoms with van der Waals surface area (Å²) in [5.41, 5.74) is 0.721. The number of pyridine rings is 1. The summed E-state index contributed by atoms with van der Waals surface area (Å²) in [7, 11) is 1.22. The van der Waals surface area contributed by atoms with Crippen molar-refractivity contribution in [1.29, 1.82) is 0 Å². The smallest absolute Gasteiger partial charge is 0.339 e. The Bertz CT molecular complexity index is 813. The molecule has 3 rings (SSSR count). The van der Waals surface area contributed by atoms with E-state index in [2.05, 4.69) is 19.8 Å². The monoisotopic (exact) mass is 361 g/mol. The number of aromatic nitrogens is 2. The third kappa shape index (κ3) is 3.80. The highest BCUT2D eigenvalue weighted by Gasteiger charge is 2.27. The van der Waals surface area contributed by atoms with Crippen molar-refractivity contribution >= 4 is 17.5 Å². The fourth-order valence-corrected chi connectivity index (χ4v) is 2.89. The van der Waals surface area contributed by atoms with Crippen LogP contribution in [0.3, 0.4) is 0 Å². The lowest BCUT2D eigenvalue weighted by atomic mass is 10.2. The summed E-state index contributed by atoms with van der Waals surface area (Å²) in [5, 5.41) is 15.4. The fraction of sp³-hybridized carbons (Fsp3) is 0.438. The van der Waals surface area contributed by atoms with Gasteiger partial charge in [0.05, 0.1) is 23.3 Å². The molecule has 3 heterocycles. The predicted octanol–water partition coefficient (Wildman–Crippen LogP) is 1.40. The molecule has 0 spiro atoms. The van der Waals surface area contributed by atoms with E-state index in [1.165, 1.54) is 19.4 Å². The van der Waals surface area contributed by atoms with Crippen LogP contribution in [0.2, 0.25) is 0 Å². The summed E-state index contributed by atoms with van der Waals surface area (Å²) in [6.07, 6.45) is 1.30. The molecular weight excluding hydrogens is 342 g/mol. The zero-order valence-electron chi connectivity index (χ0n) is 14.5. The molecule has 0 radical (unpaired) electrons. The number of rotatable bonds is 5. The second-order valence-electron chi connectivity index (χ2n) is 6.01. The molecule has 1 aliphatic rings. The van der Waals surface area contributed by atoms with E-state index in [0.29, 0.717) is 32.7 Å². The normalized spacial score (nSPS) is 15.1. The van der Waals surface area contributed by atoms with Crippen LogP contribution in [0.4, 0.5) is 11.5 Å². The van der Waals surface area contributed by atoms with E-state index in [9.17, 15) is 14.9 Å². The fourth-order valence-electron chi connectivity index (χ4n) is 2.89. The Hall–Kier alpha value is -3.01. The van der Waals surface area contributed by atoms with Gasteiger partial charge in [-0.2, -0.15) is 0 Å². The van der Waals surface area contributed by atoms with Crippen LogP contribution in [0, 0.1) is 17.0 Å². The number of hydrogen-bond donors (Lipinski definition) is 0. The number of esters is 1. The Labute approximate surface area is 149 Å². The lowest BCUT2D eigenvalue weighted by molar-refractivity contribution is -0.384. The first-order valence-corrected chi connectivity index (χ1v) is 8.10. The molecule has 138 valence electrons. The maximum atomic E-state index is 11.6. The van der Waals surface area contributed by atoms with Crippen LogP contribution in [0.5, 0.6) is 0 Å². The number of nitro groups is 1. The van der Waals surface area contributed by atoms with Gasteiger partial charge in [0.25, 0.3) is 0 Å². The number of carbonyl (C=O) groups is 1. The molecule has 0 amide bonds. The van der Waals surface area contributed by atoms with Crippen molar-refractivity contribution in [2.45, 2.75) is 13.5 Å². The van der Waals surface area contributed by atoms with Crippen molar-refractivity contribution in [1.82, 2.24) is 15.0 Å². The third-order valence-corrected chi connectivity index (χ3v) is 4.20. The van der Waals surface area contributed by atoms with Crippen molar-refractivity contribution in [3.63, 3.8) is 0 Å². The van der Waals surface area contributed by atoms with E-state index in [1.54, 1.807) is 0 Å². The summed E-state index contributed by atoms with van der Waals surface area (Å²) in [6, 6.07) is 3.10. The molecule has 0 aromatic carbocycles. The van der Waals surface area contributed by atoms with E-state index in [1.807, 2.05) is 17.9 Å². The Kier molecular flexibility index (Phi) is 5.12. The molecule has 26 heavy (non-hydrogen) atoms. The maximum Gasteiger partial charge on any atom is 0.339 e. The highest BCUT2D eigenvalue weighted by atomic mass is 16.6. The highest BCUT2D eigenvalue weighted by Crippen LogP contribution is 2.28. The molecular formula is C16H19N5O5. The minimum atomic E-state index is -0.653. The average molecular weight is 361 g/mol. The molecule has 2 aromatic rings. The topological polar surface area (TPSA) is 115 Å². The van der Waals surface area contributed by atoms with Gasteiger partial charge in [-0.3, -0.25) is 15.0 Å². The van der Waals surface area contributed by atoms with Gasteiger partial charge in [-0.25, -0.2) is 9.78 Å². The summed E-state index contributed by atoms with van der Waals surface area (Å²) >= 11 is 0. The first kappa shape index (κ1) is 17.8.